The van der Waals surface area contributed by atoms with Gasteiger partial charge in [0.1, 0.15) is 0 Å². The van der Waals surface area contributed by atoms with Gasteiger partial charge in [0.2, 0.25) is 0 Å². The van der Waals surface area contributed by atoms with Crippen molar-refractivity contribution in [1.82, 2.24) is 14.9 Å². The third kappa shape index (κ3) is 3.61. The summed E-state index contributed by atoms with van der Waals surface area (Å²) in [6.07, 6.45) is 9.70. The van der Waals surface area contributed by atoms with Crippen molar-refractivity contribution in [1.29, 1.82) is 0 Å². The molecule has 122 valence electrons. The van der Waals surface area contributed by atoms with Crippen LogP contribution in [0.25, 0.3) is 11.4 Å². The van der Waals surface area contributed by atoms with Gasteiger partial charge < -0.3 is 4.90 Å². The van der Waals surface area contributed by atoms with Crippen LogP contribution < -0.4 is 0 Å². The van der Waals surface area contributed by atoms with Crippen LogP contribution >= 0.6 is 0 Å². The minimum atomic E-state index is 0.660. The molecule has 1 aromatic heterocycles. The average Bonchev–Trinajstić information content (AvgIpc) is 2.61. The van der Waals surface area contributed by atoms with Crippen LogP contribution in [0.4, 0.5) is 0 Å². The Morgan fingerprint density at radius 2 is 1.78 bits per heavy atom. The van der Waals surface area contributed by atoms with E-state index >= 15 is 0 Å². The molecule has 0 saturated carbocycles. The van der Waals surface area contributed by atoms with Crippen molar-refractivity contribution in [2.45, 2.75) is 52.0 Å². The Kier molecular flexibility index (Phi) is 5.39. The van der Waals surface area contributed by atoms with Gasteiger partial charge in [-0.1, -0.05) is 32.0 Å². The molecule has 23 heavy (non-hydrogen) atoms. The molecule has 0 spiro atoms. The molecular weight excluding hydrogens is 282 g/mol. The fourth-order valence-electron chi connectivity index (χ4n) is 3.78. The number of aromatic nitrogens is 2. The van der Waals surface area contributed by atoms with Crippen molar-refractivity contribution in [2.75, 3.05) is 13.1 Å². The van der Waals surface area contributed by atoms with E-state index in [-0.39, 0.29) is 0 Å². The molecule has 0 radical (unpaired) electrons. The quantitative estimate of drug-likeness (QED) is 0.803. The summed E-state index contributed by atoms with van der Waals surface area (Å²) in [6.45, 7) is 6.97. The van der Waals surface area contributed by atoms with Crippen LogP contribution in [0, 0.1) is 0 Å². The van der Waals surface area contributed by atoms with Crippen molar-refractivity contribution in [3.8, 4) is 11.4 Å². The maximum atomic E-state index is 4.47. The number of benzene rings is 1. The molecule has 0 amide bonds. The molecule has 1 aromatic carbocycles. The first-order valence-electron chi connectivity index (χ1n) is 8.95. The summed E-state index contributed by atoms with van der Waals surface area (Å²) in [5.74, 6) is 0.863. The van der Waals surface area contributed by atoms with Gasteiger partial charge in [-0.05, 0) is 62.4 Å². The number of hydrogen-bond acceptors (Lipinski definition) is 3. The Labute approximate surface area is 139 Å². The van der Waals surface area contributed by atoms with Gasteiger partial charge in [0, 0.05) is 24.0 Å². The fraction of sp³-hybridized carbons (Fsp3) is 0.500. The summed E-state index contributed by atoms with van der Waals surface area (Å²) in [5, 5.41) is 0. The smallest absolute Gasteiger partial charge is 0.159 e. The van der Waals surface area contributed by atoms with E-state index in [9.17, 15) is 0 Å². The van der Waals surface area contributed by atoms with E-state index in [2.05, 4.69) is 46.9 Å². The highest BCUT2D eigenvalue weighted by Crippen LogP contribution is 2.31. The molecular formula is C20H27N3. The van der Waals surface area contributed by atoms with E-state index in [0.29, 0.717) is 6.04 Å². The maximum absolute atomic E-state index is 4.47. The van der Waals surface area contributed by atoms with E-state index in [1.54, 1.807) is 0 Å². The van der Waals surface area contributed by atoms with Crippen molar-refractivity contribution in [3.05, 3.63) is 47.8 Å². The normalized spacial score (nSPS) is 17.3. The third-order valence-electron chi connectivity index (χ3n) is 4.80. The molecule has 3 nitrogen and oxygen atoms in total. The zero-order valence-corrected chi connectivity index (χ0v) is 14.3. The second kappa shape index (κ2) is 7.69. The van der Waals surface area contributed by atoms with E-state index in [0.717, 1.165) is 12.2 Å². The van der Waals surface area contributed by atoms with Gasteiger partial charge in [0.15, 0.2) is 5.82 Å². The van der Waals surface area contributed by atoms with Crippen LogP contribution in [0.5, 0.6) is 0 Å². The number of aryl methyl sites for hydroxylation is 1. The lowest BCUT2D eigenvalue weighted by atomic mass is 9.84. The lowest BCUT2D eigenvalue weighted by Crippen LogP contribution is -2.40. The number of rotatable bonds is 6. The van der Waals surface area contributed by atoms with Crippen molar-refractivity contribution >= 4 is 0 Å². The highest BCUT2D eigenvalue weighted by atomic mass is 15.1. The molecule has 3 heteroatoms. The molecule has 1 unspecified atom stereocenters. The fourth-order valence-corrected chi connectivity index (χ4v) is 3.78. The second-order valence-corrected chi connectivity index (χ2v) is 6.45. The van der Waals surface area contributed by atoms with Gasteiger partial charge in [-0.15, -0.1) is 0 Å². The molecule has 0 bridgehead atoms. The monoisotopic (exact) mass is 309 g/mol. The largest absolute Gasteiger partial charge is 0.300 e. The van der Waals surface area contributed by atoms with E-state index in [1.165, 1.54) is 55.5 Å². The van der Waals surface area contributed by atoms with E-state index < -0.39 is 0 Å². The predicted molar refractivity (Wildman–Crippen MR) is 95.4 cm³/mol. The van der Waals surface area contributed by atoms with Crippen molar-refractivity contribution in [3.63, 3.8) is 0 Å². The SMILES string of the molecule is CCCN(CCC)C1CCc2cccc(-c3ncccn3)c2C1. The second-order valence-electron chi connectivity index (χ2n) is 6.45. The lowest BCUT2D eigenvalue weighted by molar-refractivity contribution is 0.180. The number of hydrogen-bond donors (Lipinski definition) is 0. The third-order valence-corrected chi connectivity index (χ3v) is 4.80. The molecule has 1 heterocycles. The summed E-state index contributed by atoms with van der Waals surface area (Å²) in [4.78, 5) is 11.6. The van der Waals surface area contributed by atoms with E-state index in [4.69, 9.17) is 0 Å². The van der Waals surface area contributed by atoms with Crippen LogP contribution in [-0.4, -0.2) is 34.0 Å². The van der Waals surface area contributed by atoms with Gasteiger partial charge in [-0.2, -0.15) is 0 Å². The average molecular weight is 309 g/mol. The standard InChI is InChI=1S/C20H27N3/c1-3-13-23(14-4-2)17-10-9-16-7-5-8-18(19(16)15-17)20-21-11-6-12-22-20/h5-8,11-12,17H,3-4,9-10,13-15H2,1-2H3. The van der Waals surface area contributed by atoms with Crippen molar-refractivity contribution < 1.29 is 0 Å². The maximum Gasteiger partial charge on any atom is 0.159 e. The molecule has 1 aliphatic carbocycles. The summed E-state index contributed by atoms with van der Waals surface area (Å²) in [7, 11) is 0. The van der Waals surface area contributed by atoms with Crippen LogP contribution in [0.1, 0.15) is 44.2 Å². The molecule has 1 atom stereocenters. The van der Waals surface area contributed by atoms with Crippen LogP contribution in [0.15, 0.2) is 36.7 Å². The Balaban J connectivity index is 1.90. The summed E-state index contributed by atoms with van der Waals surface area (Å²) >= 11 is 0. The first kappa shape index (κ1) is 16.1. The summed E-state index contributed by atoms with van der Waals surface area (Å²) in [6, 6.07) is 9.15. The van der Waals surface area contributed by atoms with Gasteiger partial charge in [-0.25, -0.2) is 9.97 Å². The topological polar surface area (TPSA) is 29.0 Å². The highest BCUT2D eigenvalue weighted by Gasteiger charge is 2.25. The first-order valence-corrected chi connectivity index (χ1v) is 8.95. The number of nitrogens with zero attached hydrogens (tertiary/aromatic N) is 3. The van der Waals surface area contributed by atoms with Gasteiger partial charge in [-0.3, -0.25) is 0 Å². The molecule has 0 fully saturated rings. The molecule has 0 aliphatic heterocycles. The van der Waals surface area contributed by atoms with Gasteiger partial charge in [0.25, 0.3) is 0 Å². The highest BCUT2D eigenvalue weighted by molar-refractivity contribution is 5.62. The molecule has 0 saturated heterocycles. The number of fused-ring (bicyclic) bond motifs is 1. The van der Waals surface area contributed by atoms with Crippen molar-refractivity contribution in [2.24, 2.45) is 0 Å². The zero-order chi connectivity index (χ0) is 16.1. The lowest BCUT2D eigenvalue weighted by Gasteiger charge is -2.35. The Hall–Kier alpha value is -1.74. The predicted octanol–water partition coefficient (Wildman–Crippen LogP) is 4.12. The van der Waals surface area contributed by atoms with Crippen LogP contribution in [0.2, 0.25) is 0 Å². The summed E-state index contributed by atoms with van der Waals surface area (Å²) < 4.78 is 0. The Morgan fingerprint density at radius 3 is 2.48 bits per heavy atom. The molecule has 2 aromatic rings. The van der Waals surface area contributed by atoms with Crippen LogP contribution in [0.3, 0.4) is 0 Å². The molecule has 3 rings (SSSR count). The molecule has 0 N–H and O–H groups in total. The summed E-state index contributed by atoms with van der Waals surface area (Å²) in [5.41, 5.74) is 4.17. The first-order chi connectivity index (χ1) is 11.3. The van der Waals surface area contributed by atoms with E-state index in [1.807, 2.05) is 18.5 Å². The zero-order valence-electron chi connectivity index (χ0n) is 14.3. The minimum absolute atomic E-state index is 0.660. The Bertz CT molecular complexity index is 618. The van der Waals surface area contributed by atoms with Crippen LogP contribution in [-0.2, 0) is 12.8 Å². The Morgan fingerprint density at radius 1 is 1.04 bits per heavy atom. The van der Waals surface area contributed by atoms with Gasteiger partial charge >= 0.3 is 0 Å². The minimum Gasteiger partial charge on any atom is -0.300 e. The molecule has 1 aliphatic rings. The van der Waals surface area contributed by atoms with Gasteiger partial charge in [0.05, 0.1) is 0 Å².